The van der Waals surface area contributed by atoms with Crippen molar-refractivity contribution in [1.82, 2.24) is 15.1 Å². The quantitative estimate of drug-likeness (QED) is 0.912. The Morgan fingerprint density at radius 1 is 1.35 bits per heavy atom. The van der Waals surface area contributed by atoms with Crippen molar-refractivity contribution in [2.45, 2.75) is 25.8 Å². The minimum absolute atomic E-state index is 0.0880. The van der Waals surface area contributed by atoms with Crippen LogP contribution in [0.4, 0.5) is 8.78 Å². The van der Waals surface area contributed by atoms with E-state index >= 15 is 0 Å². The van der Waals surface area contributed by atoms with E-state index < -0.39 is 11.6 Å². The molecule has 1 atom stereocenters. The molecule has 0 spiro atoms. The monoisotopic (exact) mass is 279 g/mol. The highest BCUT2D eigenvalue weighted by molar-refractivity contribution is 5.26. The molecule has 0 aliphatic rings. The molecular formula is C15H19F2N3. The van der Waals surface area contributed by atoms with E-state index in [0.717, 1.165) is 23.7 Å². The molecule has 0 amide bonds. The van der Waals surface area contributed by atoms with Gasteiger partial charge in [0, 0.05) is 24.8 Å². The largest absolute Gasteiger partial charge is 0.313 e. The summed E-state index contributed by atoms with van der Waals surface area (Å²) in [5, 5.41) is 7.55. The van der Waals surface area contributed by atoms with Gasteiger partial charge in [-0.05, 0) is 31.5 Å². The predicted molar refractivity (Wildman–Crippen MR) is 74.4 cm³/mol. The lowest BCUT2D eigenvalue weighted by Crippen LogP contribution is -2.20. The molecule has 1 heterocycles. The zero-order valence-corrected chi connectivity index (χ0v) is 12.0. The Morgan fingerprint density at radius 2 is 2.10 bits per heavy atom. The van der Waals surface area contributed by atoms with Gasteiger partial charge in [-0.2, -0.15) is 5.10 Å². The maximum Gasteiger partial charge on any atom is 0.162 e. The van der Waals surface area contributed by atoms with Crippen LogP contribution in [0.5, 0.6) is 0 Å². The zero-order chi connectivity index (χ0) is 14.7. The van der Waals surface area contributed by atoms with Gasteiger partial charge < -0.3 is 5.32 Å². The number of benzene rings is 1. The number of likely N-dealkylation sites (N-methyl/N-ethyl adjacent to an activating group) is 1. The lowest BCUT2D eigenvalue weighted by Gasteiger charge is -2.16. The zero-order valence-electron chi connectivity index (χ0n) is 12.0. The molecule has 5 heteroatoms. The lowest BCUT2D eigenvalue weighted by atomic mass is 9.98. The molecule has 108 valence electrons. The summed E-state index contributed by atoms with van der Waals surface area (Å²) in [5.74, 6) is -1.58. The Morgan fingerprint density at radius 3 is 2.75 bits per heavy atom. The van der Waals surface area contributed by atoms with Gasteiger partial charge in [-0.15, -0.1) is 0 Å². The fourth-order valence-corrected chi connectivity index (χ4v) is 2.41. The standard InChI is InChI=1S/C15H19F2N3/c1-4-13-11(9-20(3)19-13)14(18-2)8-10-6-5-7-12(16)15(10)17/h5-7,9,14,18H,4,8H2,1-3H3. The summed E-state index contributed by atoms with van der Waals surface area (Å²) in [6.45, 7) is 2.03. The SMILES string of the molecule is CCc1nn(C)cc1C(Cc1cccc(F)c1F)NC. The first-order valence-electron chi connectivity index (χ1n) is 6.69. The summed E-state index contributed by atoms with van der Waals surface area (Å²) in [7, 11) is 3.67. The maximum atomic E-state index is 13.8. The van der Waals surface area contributed by atoms with Gasteiger partial charge in [0.2, 0.25) is 0 Å². The van der Waals surface area contributed by atoms with Crippen molar-refractivity contribution < 1.29 is 8.78 Å². The number of hydrogen-bond donors (Lipinski definition) is 1. The summed E-state index contributed by atoms with van der Waals surface area (Å²) in [5.41, 5.74) is 2.38. The lowest BCUT2D eigenvalue weighted by molar-refractivity contribution is 0.486. The van der Waals surface area contributed by atoms with Gasteiger partial charge in [-0.3, -0.25) is 4.68 Å². The molecule has 1 aromatic heterocycles. The number of nitrogens with zero attached hydrogens (tertiary/aromatic N) is 2. The molecule has 3 nitrogen and oxygen atoms in total. The van der Waals surface area contributed by atoms with Crippen molar-refractivity contribution in [3.05, 3.63) is 52.9 Å². The Labute approximate surface area is 117 Å². The molecule has 1 N–H and O–H groups in total. The van der Waals surface area contributed by atoms with Gasteiger partial charge >= 0.3 is 0 Å². The number of nitrogens with one attached hydrogen (secondary N) is 1. The van der Waals surface area contributed by atoms with Gasteiger partial charge in [0.25, 0.3) is 0 Å². The Balaban J connectivity index is 2.31. The third-order valence-electron chi connectivity index (χ3n) is 3.45. The van der Waals surface area contributed by atoms with Gasteiger partial charge in [0.1, 0.15) is 0 Å². The highest BCUT2D eigenvalue weighted by Crippen LogP contribution is 2.23. The highest BCUT2D eigenvalue weighted by atomic mass is 19.2. The molecule has 1 unspecified atom stereocenters. The minimum atomic E-state index is -0.806. The average molecular weight is 279 g/mol. The van der Waals surface area contributed by atoms with Gasteiger partial charge in [0.05, 0.1) is 5.69 Å². The topological polar surface area (TPSA) is 29.9 Å². The predicted octanol–water partition coefficient (Wildman–Crippen LogP) is 2.76. The highest BCUT2D eigenvalue weighted by Gasteiger charge is 2.19. The fourth-order valence-electron chi connectivity index (χ4n) is 2.41. The van der Waals surface area contributed by atoms with Crippen molar-refractivity contribution in [2.24, 2.45) is 7.05 Å². The van der Waals surface area contributed by atoms with E-state index in [1.165, 1.54) is 6.07 Å². The molecule has 0 aliphatic carbocycles. The third-order valence-corrected chi connectivity index (χ3v) is 3.45. The van der Waals surface area contributed by atoms with Gasteiger partial charge in [0.15, 0.2) is 11.6 Å². The molecule has 0 aliphatic heterocycles. The van der Waals surface area contributed by atoms with E-state index in [2.05, 4.69) is 10.4 Å². The molecule has 1 aromatic carbocycles. The number of aromatic nitrogens is 2. The first kappa shape index (κ1) is 14.7. The van der Waals surface area contributed by atoms with Gasteiger partial charge in [-0.25, -0.2) is 8.78 Å². The van der Waals surface area contributed by atoms with Crippen LogP contribution in [0.2, 0.25) is 0 Å². The second kappa shape index (κ2) is 6.13. The normalized spacial score (nSPS) is 12.7. The molecule has 0 fully saturated rings. The van der Waals surface area contributed by atoms with E-state index in [0.29, 0.717) is 12.0 Å². The van der Waals surface area contributed by atoms with Crippen molar-refractivity contribution in [2.75, 3.05) is 7.05 Å². The summed E-state index contributed by atoms with van der Waals surface area (Å²) in [6, 6.07) is 4.19. The Kier molecular flexibility index (Phi) is 4.49. The first-order valence-corrected chi connectivity index (χ1v) is 6.69. The van der Waals surface area contributed by atoms with E-state index in [-0.39, 0.29) is 6.04 Å². The first-order chi connectivity index (χ1) is 9.56. The van der Waals surface area contributed by atoms with Crippen LogP contribution in [-0.2, 0) is 19.9 Å². The van der Waals surface area contributed by atoms with Crippen molar-refractivity contribution in [3.8, 4) is 0 Å². The number of rotatable bonds is 5. The smallest absolute Gasteiger partial charge is 0.162 e. The summed E-state index contributed by atoms with van der Waals surface area (Å²) in [6.07, 6.45) is 3.12. The molecule has 0 radical (unpaired) electrons. The molecule has 0 saturated carbocycles. The molecule has 20 heavy (non-hydrogen) atoms. The molecule has 2 aromatic rings. The Hall–Kier alpha value is -1.75. The maximum absolute atomic E-state index is 13.8. The van der Waals surface area contributed by atoms with Crippen molar-refractivity contribution >= 4 is 0 Å². The molecule has 0 saturated heterocycles. The number of aryl methyl sites for hydroxylation is 2. The summed E-state index contributed by atoms with van der Waals surface area (Å²) >= 11 is 0. The molecule has 2 rings (SSSR count). The summed E-state index contributed by atoms with van der Waals surface area (Å²) in [4.78, 5) is 0. The summed E-state index contributed by atoms with van der Waals surface area (Å²) < 4.78 is 28.8. The fraction of sp³-hybridized carbons (Fsp3) is 0.400. The van der Waals surface area contributed by atoms with E-state index in [1.54, 1.807) is 10.7 Å². The van der Waals surface area contributed by atoms with Gasteiger partial charge in [-0.1, -0.05) is 19.1 Å². The van der Waals surface area contributed by atoms with Crippen molar-refractivity contribution in [3.63, 3.8) is 0 Å². The van der Waals surface area contributed by atoms with Crippen LogP contribution in [0.15, 0.2) is 24.4 Å². The number of hydrogen-bond acceptors (Lipinski definition) is 2. The van der Waals surface area contributed by atoms with Crippen molar-refractivity contribution in [1.29, 1.82) is 0 Å². The van der Waals surface area contributed by atoms with Crippen LogP contribution in [0.3, 0.4) is 0 Å². The van der Waals surface area contributed by atoms with E-state index in [9.17, 15) is 8.78 Å². The second-order valence-corrected chi connectivity index (χ2v) is 4.82. The average Bonchev–Trinajstić information content (AvgIpc) is 2.81. The van der Waals surface area contributed by atoms with Crippen LogP contribution in [0, 0.1) is 11.6 Å². The number of halogens is 2. The third kappa shape index (κ3) is 2.88. The Bertz CT molecular complexity index is 593. The van der Waals surface area contributed by atoms with Crippen LogP contribution in [-0.4, -0.2) is 16.8 Å². The van der Waals surface area contributed by atoms with Crippen LogP contribution < -0.4 is 5.32 Å². The molecule has 0 bridgehead atoms. The van der Waals surface area contributed by atoms with Crippen LogP contribution >= 0.6 is 0 Å². The van der Waals surface area contributed by atoms with Crippen LogP contribution in [0.25, 0.3) is 0 Å². The molecular weight excluding hydrogens is 260 g/mol. The second-order valence-electron chi connectivity index (χ2n) is 4.82. The minimum Gasteiger partial charge on any atom is -0.313 e. The van der Waals surface area contributed by atoms with E-state index in [1.807, 2.05) is 27.2 Å². The van der Waals surface area contributed by atoms with Crippen LogP contribution in [0.1, 0.15) is 29.8 Å². The van der Waals surface area contributed by atoms with E-state index in [4.69, 9.17) is 0 Å².